The van der Waals surface area contributed by atoms with E-state index in [9.17, 15) is 22.9 Å². The molecule has 1 aliphatic rings. The van der Waals surface area contributed by atoms with Gasteiger partial charge in [-0.1, -0.05) is 6.92 Å². The summed E-state index contributed by atoms with van der Waals surface area (Å²) < 4.78 is 66.9. The van der Waals surface area contributed by atoms with Gasteiger partial charge in [-0.25, -0.2) is 32.0 Å². The first kappa shape index (κ1) is 26.8. The Bertz CT molecular complexity index is 1840. The van der Waals surface area contributed by atoms with Crippen molar-refractivity contribution >= 4 is 53.3 Å². The number of thiophene rings is 1. The zero-order chi connectivity index (χ0) is 28.3. The number of hydrogen-bond donors (Lipinski definition) is 1. The Morgan fingerprint density at radius 2 is 1.95 bits per heavy atom. The van der Waals surface area contributed by atoms with Gasteiger partial charge >= 0.3 is 6.09 Å². The number of sulfone groups is 1. The van der Waals surface area contributed by atoms with Gasteiger partial charge in [-0.15, -0.1) is 11.3 Å². The molecule has 1 amide bonds. The highest BCUT2D eigenvalue weighted by atomic mass is 32.2. The van der Waals surface area contributed by atoms with Crippen molar-refractivity contribution < 1.29 is 31.5 Å². The number of nitrogens with zero attached hydrogens (tertiary/aromatic N) is 4. The predicted molar refractivity (Wildman–Crippen MR) is 139 cm³/mol. The summed E-state index contributed by atoms with van der Waals surface area (Å²) in [6.45, 7) is 6.47. The van der Waals surface area contributed by atoms with Crippen molar-refractivity contribution in [2.75, 3.05) is 11.1 Å². The lowest BCUT2D eigenvalue weighted by atomic mass is 9.94. The third-order valence-electron chi connectivity index (χ3n) is 5.97. The normalized spacial score (nSPS) is 13.5. The minimum absolute atomic E-state index is 0.00245. The summed E-state index contributed by atoms with van der Waals surface area (Å²) in [5.74, 6) is -1.98. The van der Waals surface area contributed by atoms with Crippen molar-refractivity contribution in [3.8, 4) is 17.3 Å². The summed E-state index contributed by atoms with van der Waals surface area (Å²) in [6.07, 6.45) is 1.28. The number of nitrogens with one attached hydrogen (secondary N) is 1. The zero-order valence-corrected chi connectivity index (χ0v) is 22.8. The van der Waals surface area contributed by atoms with Crippen molar-refractivity contribution in [3.05, 3.63) is 40.7 Å². The second kappa shape index (κ2) is 9.44. The van der Waals surface area contributed by atoms with E-state index in [1.54, 1.807) is 20.8 Å². The van der Waals surface area contributed by atoms with Crippen LogP contribution in [0, 0.1) is 23.0 Å². The predicted octanol–water partition coefficient (Wildman–Crippen LogP) is 5.23. The fraction of sp³-hybridized carbons (Fsp3) is 0.320. The first-order chi connectivity index (χ1) is 18.4. The molecule has 0 saturated heterocycles. The number of ether oxygens (including phenoxy) is 2. The van der Waals surface area contributed by atoms with Crippen molar-refractivity contribution in [1.29, 1.82) is 5.26 Å². The number of halogens is 2. The SMILES string of the molecule is CCS(=O)(=O)c1ncc2c3c(c(-c4ncc(F)c5sc(NC(=O)OC(C)(C)C)c(C#N)c45)c(F)c2n1)COC3. The van der Waals surface area contributed by atoms with Gasteiger partial charge in [0.2, 0.25) is 15.0 Å². The highest BCUT2D eigenvalue weighted by Crippen LogP contribution is 2.45. The summed E-state index contributed by atoms with van der Waals surface area (Å²) in [7, 11) is -3.85. The van der Waals surface area contributed by atoms with Crippen LogP contribution in [0.25, 0.3) is 32.2 Å². The Morgan fingerprint density at radius 1 is 1.23 bits per heavy atom. The van der Waals surface area contributed by atoms with E-state index in [1.165, 1.54) is 13.1 Å². The summed E-state index contributed by atoms with van der Waals surface area (Å²) in [6, 6.07) is 1.96. The van der Waals surface area contributed by atoms with Crippen LogP contribution >= 0.6 is 11.3 Å². The van der Waals surface area contributed by atoms with Crippen molar-refractivity contribution in [2.45, 2.75) is 51.7 Å². The van der Waals surface area contributed by atoms with E-state index in [1.807, 2.05) is 6.07 Å². The number of aromatic nitrogens is 3. The number of carbonyl (C=O) groups excluding carboxylic acids is 1. The van der Waals surface area contributed by atoms with E-state index in [0.717, 1.165) is 17.5 Å². The minimum atomic E-state index is -3.85. The van der Waals surface area contributed by atoms with Gasteiger partial charge in [0.15, 0.2) is 11.6 Å². The van der Waals surface area contributed by atoms with E-state index in [4.69, 9.17) is 9.47 Å². The molecule has 0 aliphatic carbocycles. The highest BCUT2D eigenvalue weighted by molar-refractivity contribution is 7.91. The molecular weight excluding hydrogens is 552 g/mol. The van der Waals surface area contributed by atoms with Crippen LogP contribution in [0.3, 0.4) is 0 Å². The van der Waals surface area contributed by atoms with Gasteiger partial charge in [0.25, 0.3) is 0 Å². The number of carbonyl (C=O) groups is 1. The lowest BCUT2D eigenvalue weighted by Crippen LogP contribution is -2.27. The molecule has 14 heteroatoms. The molecule has 0 fully saturated rings. The van der Waals surface area contributed by atoms with Crippen molar-refractivity contribution in [2.24, 2.45) is 0 Å². The van der Waals surface area contributed by atoms with E-state index in [2.05, 4.69) is 20.3 Å². The molecular formula is C25H21F2N5O5S2. The number of nitriles is 1. The number of amides is 1. The maximum Gasteiger partial charge on any atom is 0.412 e. The average molecular weight is 574 g/mol. The summed E-state index contributed by atoms with van der Waals surface area (Å²) in [4.78, 5) is 24.5. The second-order valence-electron chi connectivity index (χ2n) is 9.66. The number of rotatable bonds is 4. The van der Waals surface area contributed by atoms with Gasteiger partial charge in [0.05, 0.1) is 41.1 Å². The van der Waals surface area contributed by atoms with Crippen molar-refractivity contribution in [3.63, 3.8) is 0 Å². The molecule has 3 aromatic heterocycles. The summed E-state index contributed by atoms with van der Waals surface area (Å²) in [5, 5.41) is 12.2. The molecule has 39 heavy (non-hydrogen) atoms. The van der Waals surface area contributed by atoms with Gasteiger partial charge in [0.1, 0.15) is 22.2 Å². The molecule has 1 N–H and O–H groups in total. The lowest BCUT2D eigenvalue weighted by Gasteiger charge is -2.19. The van der Waals surface area contributed by atoms with Crippen LogP contribution < -0.4 is 5.32 Å². The molecule has 0 radical (unpaired) electrons. The Labute approximate surface area is 225 Å². The number of fused-ring (bicyclic) bond motifs is 4. The van der Waals surface area contributed by atoms with Crippen LogP contribution in [0.1, 0.15) is 44.4 Å². The first-order valence-electron chi connectivity index (χ1n) is 11.7. The van der Waals surface area contributed by atoms with Gasteiger partial charge in [-0.05, 0) is 31.9 Å². The Balaban J connectivity index is 1.80. The maximum absolute atomic E-state index is 16.3. The van der Waals surface area contributed by atoms with Crippen LogP contribution in [-0.4, -0.2) is 40.8 Å². The lowest BCUT2D eigenvalue weighted by molar-refractivity contribution is 0.0636. The molecule has 0 atom stereocenters. The highest BCUT2D eigenvalue weighted by Gasteiger charge is 2.31. The fourth-order valence-corrected chi connectivity index (χ4v) is 6.01. The van der Waals surface area contributed by atoms with E-state index < -0.39 is 38.3 Å². The van der Waals surface area contributed by atoms with Crippen LogP contribution in [0.5, 0.6) is 0 Å². The van der Waals surface area contributed by atoms with Gasteiger partial charge in [-0.3, -0.25) is 10.3 Å². The molecule has 0 bridgehead atoms. The molecule has 1 aromatic carbocycles. The smallest absolute Gasteiger partial charge is 0.412 e. The van der Waals surface area contributed by atoms with Crippen LogP contribution in [0.15, 0.2) is 17.6 Å². The third kappa shape index (κ3) is 4.56. The Morgan fingerprint density at radius 3 is 2.62 bits per heavy atom. The largest absolute Gasteiger partial charge is 0.444 e. The molecule has 10 nitrogen and oxygen atoms in total. The fourth-order valence-electron chi connectivity index (χ4n) is 4.27. The number of anilines is 1. The van der Waals surface area contributed by atoms with Crippen LogP contribution in [-0.2, 0) is 32.5 Å². The van der Waals surface area contributed by atoms with E-state index in [0.29, 0.717) is 11.1 Å². The van der Waals surface area contributed by atoms with Gasteiger partial charge < -0.3 is 9.47 Å². The standard InChI is InChI=1S/C25H21F2N5O5S2/c1-5-39(34,35)23-30-7-12-13-9-36-10-14(13)16(18(27)19(12)31-23)20-17-11(6-28)22(32-24(33)37-25(2,3)4)38-21(17)15(26)8-29-20/h7-8H,5,9-10H2,1-4H3,(H,32,33). The molecule has 5 rings (SSSR count). The van der Waals surface area contributed by atoms with Gasteiger partial charge in [-0.2, -0.15) is 5.26 Å². The average Bonchev–Trinajstić information content (AvgIpc) is 3.49. The molecule has 4 heterocycles. The van der Waals surface area contributed by atoms with Crippen molar-refractivity contribution in [1.82, 2.24) is 15.0 Å². The molecule has 1 aliphatic heterocycles. The Kier molecular flexibility index (Phi) is 6.48. The summed E-state index contributed by atoms with van der Waals surface area (Å²) in [5.41, 5.74) is -0.475. The number of benzene rings is 1. The molecule has 0 unspecified atom stereocenters. The monoisotopic (exact) mass is 573 g/mol. The van der Waals surface area contributed by atoms with Crippen LogP contribution in [0.2, 0.25) is 0 Å². The Hall–Kier alpha value is -3.80. The molecule has 4 aromatic rings. The quantitative estimate of drug-likeness (QED) is 0.325. The van der Waals surface area contributed by atoms with Gasteiger partial charge in [0, 0.05) is 22.5 Å². The third-order valence-corrected chi connectivity index (χ3v) is 8.59. The minimum Gasteiger partial charge on any atom is -0.444 e. The maximum atomic E-state index is 16.3. The van der Waals surface area contributed by atoms with E-state index >= 15 is 4.39 Å². The second-order valence-corrected chi connectivity index (χ2v) is 12.9. The molecule has 0 saturated carbocycles. The van der Waals surface area contributed by atoms with E-state index in [-0.39, 0.29) is 61.8 Å². The zero-order valence-electron chi connectivity index (χ0n) is 21.2. The number of hydrogen-bond acceptors (Lipinski definition) is 10. The topological polar surface area (TPSA) is 144 Å². The summed E-state index contributed by atoms with van der Waals surface area (Å²) >= 11 is 0.782. The first-order valence-corrected chi connectivity index (χ1v) is 14.1. The molecule has 0 spiro atoms. The van der Waals surface area contributed by atoms with Crippen LogP contribution in [0.4, 0.5) is 18.6 Å². The molecule has 202 valence electrons. The number of pyridine rings is 1.